The summed E-state index contributed by atoms with van der Waals surface area (Å²) in [6.45, 7) is 8.22. The highest BCUT2D eigenvalue weighted by atomic mass is 79.9. The lowest BCUT2D eigenvalue weighted by atomic mass is 9.98. The zero-order valence-electron chi connectivity index (χ0n) is 12.4. The van der Waals surface area contributed by atoms with Gasteiger partial charge in [-0.05, 0) is 44.0 Å². The largest absolute Gasteiger partial charge is 0.312 e. The molecule has 1 aromatic carbocycles. The van der Waals surface area contributed by atoms with Crippen LogP contribution in [-0.2, 0) is 11.2 Å². The maximum absolute atomic E-state index is 12.3. The number of benzene rings is 1. The van der Waals surface area contributed by atoms with Crippen LogP contribution < -0.4 is 4.90 Å². The Morgan fingerprint density at radius 1 is 1.30 bits per heavy atom. The Balaban J connectivity index is 2.32. The fourth-order valence-electron chi connectivity index (χ4n) is 2.43. The van der Waals surface area contributed by atoms with Gasteiger partial charge in [0.05, 0.1) is 4.32 Å². The van der Waals surface area contributed by atoms with E-state index < -0.39 is 4.32 Å². The van der Waals surface area contributed by atoms with Crippen molar-refractivity contribution in [2.45, 2.75) is 38.4 Å². The molecule has 1 aromatic rings. The Hall–Kier alpha value is -1.16. The minimum Gasteiger partial charge on any atom is -0.312 e. The number of anilines is 1. The summed E-state index contributed by atoms with van der Waals surface area (Å²) in [7, 11) is 0. The number of hydrogen-bond donors (Lipinski definition) is 0. The molecule has 0 atom stereocenters. The third-order valence-electron chi connectivity index (χ3n) is 3.54. The van der Waals surface area contributed by atoms with Gasteiger partial charge in [-0.15, -0.1) is 0 Å². The molecule has 0 aliphatic carbocycles. The average Bonchev–Trinajstić information content (AvgIpc) is 2.78. The van der Waals surface area contributed by atoms with Crippen LogP contribution in [0.25, 0.3) is 0 Å². The lowest BCUT2D eigenvalue weighted by Crippen LogP contribution is -2.32. The van der Waals surface area contributed by atoms with Crippen LogP contribution in [0.3, 0.4) is 0 Å². The first kappa shape index (κ1) is 15.2. The van der Waals surface area contributed by atoms with E-state index in [9.17, 15) is 9.59 Å². The van der Waals surface area contributed by atoms with Gasteiger partial charge in [-0.25, -0.2) is 0 Å². The van der Waals surface area contributed by atoms with Crippen LogP contribution in [0.2, 0.25) is 0 Å². The average molecular weight is 338 g/mol. The van der Waals surface area contributed by atoms with Gasteiger partial charge in [-0.2, -0.15) is 0 Å². The molecule has 3 nitrogen and oxygen atoms in total. The molecule has 0 bridgehead atoms. The Kier molecular flexibility index (Phi) is 4.05. The standard InChI is InChI=1S/C16H20BrNO2/c1-10(2)15(20)18-8-7-11-9-12(5-6-13(11)18)14(19)16(3,4)17/h5-6,9-10H,7-8H2,1-4H3. The van der Waals surface area contributed by atoms with Crippen molar-refractivity contribution in [3.05, 3.63) is 29.3 Å². The molecule has 1 heterocycles. The third-order valence-corrected chi connectivity index (χ3v) is 3.90. The van der Waals surface area contributed by atoms with Crippen LogP contribution in [0.1, 0.15) is 43.6 Å². The molecule has 0 radical (unpaired) electrons. The second-order valence-electron chi connectivity index (χ2n) is 6.04. The van der Waals surface area contributed by atoms with Crippen molar-refractivity contribution in [1.82, 2.24) is 0 Å². The molecular weight excluding hydrogens is 318 g/mol. The zero-order chi connectivity index (χ0) is 15.1. The fourth-order valence-corrected chi connectivity index (χ4v) is 2.66. The van der Waals surface area contributed by atoms with E-state index >= 15 is 0 Å². The summed E-state index contributed by atoms with van der Waals surface area (Å²) in [5.74, 6) is 0.196. The second kappa shape index (κ2) is 5.32. The second-order valence-corrected chi connectivity index (χ2v) is 8.02. The molecule has 0 unspecified atom stereocenters. The number of halogens is 1. The molecule has 2 rings (SSSR count). The van der Waals surface area contributed by atoms with E-state index in [-0.39, 0.29) is 17.6 Å². The van der Waals surface area contributed by atoms with E-state index in [0.29, 0.717) is 12.1 Å². The van der Waals surface area contributed by atoms with Gasteiger partial charge in [0.25, 0.3) is 0 Å². The summed E-state index contributed by atoms with van der Waals surface area (Å²) < 4.78 is -0.562. The van der Waals surface area contributed by atoms with E-state index in [1.165, 1.54) is 0 Å². The van der Waals surface area contributed by atoms with Crippen molar-refractivity contribution < 1.29 is 9.59 Å². The lowest BCUT2D eigenvalue weighted by Gasteiger charge is -2.20. The number of nitrogens with zero attached hydrogens (tertiary/aromatic N) is 1. The minimum absolute atomic E-state index is 0.0104. The molecule has 108 valence electrons. The first-order chi connectivity index (χ1) is 9.21. The minimum atomic E-state index is -0.562. The molecule has 0 aromatic heterocycles. The van der Waals surface area contributed by atoms with Crippen molar-refractivity contribution in [2.75, 3.05) is 11.4 Å². The molecule has 1 aliphatic heterocycles. The Bertz CT molecular complexity index is 558. The number of alkyl halides is 1. The normalized spacial score (nSPS) is 14.6. The number of hydrogen-bond acceptors (Lipinski definition) is 2. The number of carbonyl (C=O) groups excluding carboxylic acids is 2. The Labute approximate surface area is 128 Å². The van der Waals surface area contributed by atoms with Gasteiger partial charge in [-0.3, -0.25) is 9.59 Å². The summed E-state index contributed by atoms with van der Waals surface area (Å²) in [4.78, 5) is 26.2. The predicted molar refractivity (Wildman–Crippen MR) is 84.7 cm³/mol. The van der Waals surface area contributed by atoms with Crippen molar-refractivity contribution in [2.24, 2.45) is 5.92 Å². The van der Waals surface area contributed by atoms with Crippen molar-refractivity contribution >= 4 is 33.3 Å². The highest BCUT2D eigenvalue weighted by Gasteiger charge is 2.29. The molecule has 0 saturated carbocycles. The number of ketones is 1. The van der Waals surface area contributed by atoms with Crippen molar-refractivity contribution in [3.8, 4) is 0 Å². The lowest BCUT2D eigenvalue weighted by molar-refractivity contribution is -0.121. The summed E-state index contributed by atoms with van der Waals surface area (Å²) in [5, 5.41) is 0. The summed E-state index contributed by atoms with van der Waals surface area (Å²) in [6, 6.07) is 5.64. The molecule has 1 aliphatic rings. The molecular formula is C16H20BrNO2. The summed E-state index contributed by atoms with van der Waals surface area (Å²) in [6.07, 6.45) is 0.817. The molecule has 0 N–H and O–H groups in total. The van der Waals surface area contributed by atoms with Crippen LogP contribution in [0.4, 0.5) is 5.69 Å². The Morgan fingerprint density at radius 3 is 2.50 bits per heavy atom. The predicted octanol–water partition coefficient (Wildman–Crippen LogP) is 3.59. The molecule has 1 amide bonds. The van der Waals surface area contributed by atoms with E-state index in [4.69, 9.17) is 0 Å². The fraction of sp³-hybridized carbons (Fsp3) is 0.500. The first-order valence-corrected chi connectivity index (χ1v) is 7.69. The summed E-state index contributed by atoms with van der Waals surface area (Å²) in [5.41, 5.74) is 2.73. The highest BCUT2D eigenvalue weighted by molar-refractivity contribution is 9.10. The molecule has 20 heavy (non-hydrogen) atoms. The maximum atomic E-state index is 12.3. The van der Waals surface area contributed by atoms with Crippen molar-refractivity contribution in [1.29, 1.82) is 0 Å². The van der Waals surface area contributed by atoms with E-state index in [1.54, 1.807) is 0 Å². The third kappa shape index (κ3) is 2.80. The maximum Gasteiger partial charge on any atom is 0.229 e. The van der Waals surface area contributed by atoms with Crippen molar-refractivity contribution in [3.63, 3.8) is 0 Å². The smallest absolute Gasteiger partial charge is 0.229 e. The van der Waals surface area contributed by atoms with Gasteiger partial charge < -0.3 is 4.90 Å². The summed E-state index contributed by atoms with van der Waals surface area (Å²) >= 11 is 3.40. The van der Waals surface area contributed by atoms with Crippen LogP contribution in [0.5, 0.6) is 0 Å². The number of fused-ring (bicyclic) bond motifs is 1. The van der Waals surface area contributed by atoms with Gasteiger partial charge in [0.1, 0.15) is 0 Å². The van der Waals surface area contributed by atoms with Crippen LogP contribution in [0, 0.1) is 5.92 Å². The molecule has 0 fully saturated rings. The van der Waals surface area contributed by atoms with Gasteiger partial charge in [0, 0.05) is 23.7 Å². The SMILES string of the molecule is CC(C)C(=O)N1CCc2cc(C(=O)C(C)(C)Br)ccc21. The number of Topliss-reactive ketones (excluding diaryl/α,β-unsaturated/α-hetero) is 1. The van der Waals surface area contributed by atoms with Gasteiger partial charge in [0.15, 0.2) is 5.78 Å². The topological polar surface area (TPSA) is 37.4 Å². The monoisotopic (exact) mass is 337 g/mol. The number of rotatable bonds is 3. The molecule has 4 heteroatoms. The van der Waals surface area contributed by atoms with E-state index in [2.05, 4.69) is 15.9 Å². The van der Waals surface area contributed by atoms with E-state index in [1.807, 2.05) is 50.8 Å². The zero-order valence-corrected chi connectivity index (χ0v) is 14.0. The molecule has 0 spiro atoms. The van der Waals surface area contributed by atoms with Crippen LogP contribution in [0.15, 0.2) is 18.2 Å². The van der Waals surface area contributed by atoms with Gasteiger partial charge in [0.2, 0.25) is 5.91 Å². The number of amides is 1. The first-order valence-electron chi connectivity index (χ1n) is 6.90. The molecule has 0 saturated heterocycles. The van der Waals surface area contributed by atoms with E-state index in [0.717, 1.165) is 17.7 Å². The number of carbonyl (C=O) groups is 2. The van der Waals surface area contributed by atoms with Crippen LogP contribution >= 0.6 is 15.9 Å². The quantitative estimate of drug-likeness (QED) is 0.624. The highest BCUT2D eigenvalue weighted by Crippen LogP contribution is 2.32. The van der Waals surface area contributed by atoms with Gasteiger partial charge in [-0.1, -0.05) is 29.8 Å². The van der Waals surface area contributed by atoms with Gasteiger partial charge >= 0.3 is 0 Å². The Morgan fingerprint density at radius 2 is 1.95 bits per heavy atom. The van der Waals surface area contributed by atoms with Crippen LogP contribution in [-0.4, -0.2) is 22.6 Å².